The maximum absolute atomic E-state index is 12.5. The van der Waals surface area contributed by atoms with Crippen molar-refractivity contribution < 1.29 is 14.7 Å². The molecule has 3 aromatic carbocycles. The highest BCUT2D eigenvalue weighted by molar-refractivity contribution is 5.94. The second-order valence-electron chi connectivity index (χ2n) is 7.45. The van der Waals surface area contributed by atoms with Gasteiger partial charge in [0.2, 0.25) is 0 Å². The topological polar surface area (TPSA) is 72.9 Å². The van der Waals surface area contributed by atoms with E-state index in [-0.39, 0.29) is 17.7 Å². The van der Waals surface area contributed by atoms with E-state index in [4.69, 9.17) is 0 Å². The number of hydrogen-bond acceptors (Lipinski definition) is 3. The fourth-order valence-corrected chi connectivity index (χ4v) is 3.83. The van der Waals surface area contributed by atoms with Gasteiger partial charge in [0.15, 0.2) is 0 Å². The molecule has 154 valence electrons. The third kappa shape index (κ3) is 4.38. The molecule has 1 fully saturated rings. The van der Waals surface area contributed by atoms with Gasteiger partial charge < -0.3 is 20.2 Å². The van der Waals surface area contributed by atoms with Gasteiger partial charge in [-0.15, -0.1) is 0 Å². The Kier molecular flexibility index (Phi) is 5.84. The van der Waals surface area contributed by atoms with Gasteiger partial charge in [-0.25, -0.2) is 4.79 Å². The molecule has 0 unspecified atom stereocenters. The van der Waals surface area contributed by atoms with E-state index in [1.807, 2.05) is 18.2 Å². The van der Waals surface area contributed by atoms with Crippen molar-refractivity contribution in [3.8, 4) is 5.75 Å². The number of aromatic hydroxyl groups is 1. The van der Waals surface area contributed by atoms with E-state index in [1.165, 1.54) is 28.5 Å². The van der Waals surface area contributed by atoms with Crippen molar-refractivity contribution in [2.24, 2.45) is 0 Å². The Morgan fingerprint density at radius 3 is 2.27 bits per heavy atom. The molecule has 4 rings (SSSR count). The van der Waals surface area contributed by atoms with Crippen LogP contribution in [-0.2, 0) is 6.42 Å². The molecule has 6 nitrogen and oxygen atoms in total. The van der Waals surface area contributed by atoms with E-state index < -0.39 is 0 Å². The van der Waals surface area contributed by atoms with E-state index in [0.717, 1.165) is 6.42 Å². The number of amides is 3. The third-order valence-corrected chi connectivity index (χ3v) is 5.52. The molecule has 3 aromatic rings. The van der Waals surface area contributed by atoms with E-state index in [1.54, 1.807) is 21.9 Å². The molecule has 0 radical (unpaired) electrons. The van der Waals surface area contributed by atoms with Crippen molar-refractivity contribution in [2.75, 3.05) is 32.7 Å². The van der Waals surface area contributed by atoms with Crippen LogP contribution in [0.3, 0.4) is 0 Å². The zero-order valence-corrected chi connectivity index (χ0v) is 16.8. The Morgan fingerprint density at radius 1 is 0.833 bits per heavy atom. The van der Waals surface area contributed by atoms with E-state index in [0.29, 0.717) is 38.3 Å². The summed E-state index contributed by atoms with van der Waals surface area (Å²) in [6.45, 7) is 2.57. The van der Waals surface area contributed by atoms with E-state index >= 15 is 0 Å². The molecule has 0 bridgehead atoms. The van der Waals surface area contributed by atoms with Crippen LogP contribution >= 0.6 is 0 Å². The highest BCUT2D eigenvalue weighted by Gasteiger charge is 2.24. The first-order valence-corrected chi connectivity index (χ1v) is 10.2. The van der Waals surface area contributed by atoms with Crippen molar-refractivity contribution in [3.63, 3.8) is 0 Å². The Morgan fingerprint density at radius 2 is 1.50 bits per heavy atom. The lowest BCUT2D eigenvalue weighted by Gasteiger charge is -2.34. The Bertz CT molecular complexity index is 1040. The largest absolute Gasteiger partial charge is 0.508 e. The van der Waals surface area contributed by atoms with Crippen LogP contribution in [0, 0.1) is 0 Å². The lowest BCUT2D eigenvalue weighted by molar-refractivity contribution is 0.0665. The number of benzene rings is 3. The quantitative estimate of drug-likeness (QED) is 0.702. The van der Waals surface area contributed by atoms with Crippen molar-refractivity contribution in [1.29, 1.82) is 0 Å². The molecule has 1 saturated heterocycles. The van der Waals surface area contributed by atoms with Crippen molar-refractivity contribution in [1.82, 2.24) is 15.1 Å². The molecule has 3 amide bonds. The molecular formula is C24H25N3O3. The number of nitrogens with one attached hydrogen (secondary N) is 1. The number of phenols is 1. The highest BCUT2D eigenvalue weighted by atomic mass is 16.3. The minimum Gasteiger partial charge on any atom is -0.508 e. The van der Waals surface area contributed by atoms with Crippen LogP contribution in [0.1, 0.15) is 15.9 Å². The molecule has 0 atom stereocenters. The average molecular weight is 403 g/mol. The zero-order chi connectivity index (χ0) is 20.9. The summed E-state index contributed by atoms with van der Waals surface area (Å²) < 4.78 is 0. The second kappa shape index (κ2) is 8.86. The summed E-state index contributed by atoms with van der Waals surface area (Å²) in [5.41, 5.74) is 1.76. The molecule has 1 aliphatic rings. The van der Waals surface area contributed by atoms with Gasteiger partial charge in [-0.1, -0.05) is 42.5 Å². The first-order chi connectivity index (χ1) is 14.6. The number of phenolic OH excluding ortho intramolecular Hbond substituents is 1. The van der Waals surface area contributed by atoms with Gasteiger partial charge >= 0.3 is 6.03 Å². The van der Waals surface area contributed by atoms with Crippen LogP contribution in [0.4, 0.5) is 4.79 Å². The van der Waals surface area contributed by atoms with Gasteiger partial charge in [0.05, 0.1) is 0 Å². The Hall–Kier alpha value is -3.54. The summed E-state index contributed by atoms with van der Waals surface area (Å²) in [7, 11) is 0. The van der Waals surface area contributed by atoms with E-state index in [9.17, 15) is 14.7 Å². The maximum atomic E-state index is 12.5. The van der Waals surface area contributed by atoms with Crippen LogP contribution in [-0.4, -0.2) is 59.6 Å². The van der Waals surface area contributed by atoms with Gasteiger partial charge in [0.25, 0.3) is 5.91 Å². The number of piperazine rings is 1. The van der Waals surface area contributed by atoms with Crippen LogP contribution in [0.15, 0.2) is 66.7 Å². The molecule has 0 aliphatic carbocycles. The molecule has 0 spiro atoms. The Balaban J connectivity index is 1.26. The predicted molar refractivity (Wildman–Crippen MR) is 117 cm³/mol. The number of fused-ring (bicyclic) bond motifs is 1. The number of urea groups is 1. The summed E-state index contributed by atoms with van der Waals surface area (Å²) in [6.07, 6.45) is 0.770. The fraction of sp³-hybridized carbons (Fsp3) is 0.250. The van der Waals surface area contributed by atoms with Crippen LogP contribution in [0.5, 0.6) is 5.75 Å². The van der Waals surface area contributed by atoms with Gasteiger partial charge in [-0.3, -0.25) is 4.79 Å². The molecule has 6 heteroatoms. The smallest absolute Gasteiger partial charge is 0.317 e. The normalized spacial score (nSPS) is 14.0. The maximum Gasteiger partial charge on any atom is 0.317 e. The summed E-state index contributed by atoms with van der Waals surface area (Å²) in [5, 5.41) is 14.8. The first-order valence-electron chi connectivity index (χ1n) is 10.2. The summed E-state index contributed by atoms with van der Waals surface area (Å²) in [4.78, 5) is 28.6. The van der Waals surface area contributed by atoms with Crippen LogP contribution in [0.2, 0.25) is 0 Å². The van der Waals surface area contributed by atoms with Crippen molar-refractivity contribution >= 4 is 22.7 Å². The number of carbonyl (C=O) groups excluding carboxylic acids is 2. The van der Waals surface area contributed by atoms with Gasteiger partial charge in [0, 0.05) is 38.3 Å². The number of hydrogen-bond donors (Lipinski definition) is 2. The molecule has 1 heterocycles. The third-order valence-electron chi connectivity index (χ3n) is 5.52. The van der Waals surface area contributed by atoms with Crippen LogP contribution < -0.4 is 5.32 Å². The second-order valence-corrected chi connectivity index (χ2v) is 7.45. The minimum absolute atomic E-state index is 0.0778. The van der Waals surface area contributed by atoms with Crippen molar-refractivity contribution in [3.05, 3.63) is 77.9 Å². The molecule has 2 N–H and O–H groups in total. The Labute approximate surface area is 175 Å². The standard InChI is InChI=1S/C24H25N3O3/c28-21-10-8-20(9-11-21)23(29)26-14-16-27(17-15-26)24(30)25-13-12-19-6-3-5-18-4-1-2-7-22(18)19/h1-11,28H,12-17H2,(H,25,30). The monoisotopic (exact) mass is 403 g/mol. The molecule has 1 aliphatic heterocycles. The van der Waals surface area contributed by atoms with Crippen molar-refractivity contribution in [2.45, 2.75) is 6.42 Å². The lowest BCUT2D eigenvalue weighted by Crippen LogP contribution is -2.53. The number of carbonyl (C=O) groups is 2. The highest BCUT2D eigenvalue weighted by Crippen LogP contribution is 2.18. The predicted octanol–water partition coefficient (Wildman–Crippen LogP) is 3.26. The average Bonchev–Trinajstić information content (AvgIpc) is 2.79. The van der Waals surface area contributed by atoms with Gasteiger partial charge in [-0.2, -0.15) is 0 Å². The summed E-state index contributed by atoms with van der Waals surface area (Å²) in [5.74, 6) is 0.0579. The fourth-order valence-electron chi connectivity index (χ4n) is 3.83. The van der Waals surface area contributed by atoms with Gasteiger partial charge in [-0.05, 0) is 47.0 Å². The minimum atomic E-state index is -0.0908. The van der Waals surface area contributed by atoms with Gasteiger partial charge in [0.1, 0.15) is 5.75 Å². The lowest BCUT2D eigenvalue weighted by atomic mass is 10.0. The number of rotatable bonds is 4. The first kappa shape index (κ1) is 19.8. The summed E-state index contributed by atoms with van der Waals surface area (Å²) in [6, 6.07) is 20.7. The molecule has 30 heavy (non-hydrogen) atoms. The SMILES string of the molecule is O=C(NCCc1cccc2ccccc12)N1CCN(C(=O)c2ccc(O)cc2)CC1. The molecular weight excluding hydrogens is 378 g/mol. The summed E-state index contributed by atoms with van der Waals surface area (Å²) >= 11 is 0. The van der Waals surface area contributed by atoms with E-state index in [2.05, 4.69) is 29.6 Å². The molecule has 0 aromatic heterocycles. The van der Waals surface area contributed by atoms with Crippen LogP contribution in [0.25, 0.3) is 10.8 Å². The number of nitrogens with zero attached hydrogens (tertiary/aromatic N) is 2. The molecule has 0 saturated carbocycles. The zero-order valence-electron chi connectivity index (χ0n) is 16.8.